The smallest absolute Gasteiger partial charge is 0.220 e. The van der Waals surface area contributed by atoms with E-state index in [9.17, 15) is 15.0 Å². The van der Waals surface area contributed by atoms with Crippen molar-refractivity contribution in [3.63, 3.8) is 0 Å². The van der Waals surface area contributed by atoms with Crippen molar-refractivity contribution in [2.75, 3.05) is 6.61 Å². The second-order valence-corrected chi connectivity index (χ2v) is 19.0. The Hall–Kier alpha value is -0.870. The van der Waals surface area contributed by atoms with E-state index in [1.807, 2.05) is 6.08 Å². The number of unbranched alkanes of at least 4 members (excludes halogenated alkanes) is 44. The lowest BCUT2D eigenvalue weighted by atomic mass is 10.0. The Kier molecular flexibility index (Phi) is 50.7. The normalized spacial score (nSPS) is 12.8. The van der Waals surface area contributed by atoms with Crippen molar-refractivity contribution in [2.45, 2.75) is 328 Å². The number of amides is 1. The van der Waals surface area contributed by atoms with Crippen molar-refractivity contribution in [3.05, 3.63) is 12.2 Å². The van der Waals surface area contributed by atoms with Crippen LogP contribution in [0, 0.1) is 0 Å². The van der Waals surface area contributed by atoms with Crippen molar-refractivity contribution in [1.82, 2.24) is 5.32 Å². The first-order chi connectivity index (χ1) is 29.2. The molecule has 4 nitrogen and oxygen atoms in total. The molecule has 0 aromatic rings. The molecule has 3 N–H and O–H groups in total. The van der Waals surface area contributed by atoms with Crippen molar-refractivity contribution in [3.8, 4) is 0 Å². The molecule has 0 aliphatic heterocycles. The lowest BCUT2D eigenvalue weighted by Crippen LogP contribution is -2.45. The minimum atomic E-state index is -0.832. The zero-order chi connectivity index (χ0) is 42.8. The van der Waals surface area contributed by atoms with E-state index in [1.54, 1.807) is 6.08 Å². The molecule has 2 atom stereocenters. The highest BCUT2D eigenvalue weighted by Crippen LogP contribution is 2.18. The summed E-state index contributed by atoms with van der Waals surface area (Å²) in [5, 5.41) is 22.9. The number of carbonyl (C=O) groups is 1. The van der Waals surface area contributed by atoms with Crippen LogP contribution in [0.25, 0.3) is 0 Å². The third-order valence-electron chi connectivity index (χ3n) is 13.0. The fourth-order valence-corrected chi connectivity index (χ4v) is 8.83. The first-order valence-electron chi connectivity index (χ1n) is 27.4. The summed E-state index contributed by atoms with van der Waals surface area (Å²) in [6.07, 6.45) is 67.0. The highest BCUT2D eigenvalue weighted by atomic mass is 16.3. The van der Waals surface area contributed by atoms with Gasteiger partial charge in [0.2, 0.25) is 5.91 Å². The third-order valence-corrected chi connectivity index (χ3v) is 13.0. The Morgan fingerprint density at radius 2 is 0.627 bits per heavy atom. The maximum Gasteiger partial charge on any atom is 0.220 e. The van der Waals surface area contributed by atoms with E-state index >= 15 is 0 Å². The number of rotatable bonds is 51. The van der Waals surface area contributed by atoms with Crippen LogP contribution in [0.3, 0.4) is 0 Å². The molecule has 0 heterocycles. The molecule has 0 saturated heterocycles. The zero-order valence-electron chi connectivity index (χ0n) is 40.6. The van der Waals surface area contributed by atoms with Gasteiger partial charge >= 0.3 is 0 Å². The Morgan fingerprint density at radius 1 is 0.390 bits per heavy atom. The van der Waals surface area contributed by atoms with Gasteiger partial charge in [-0.1, -0.05) is 302 Å². The van der Waals surface area contributed by atoms with Gasteiger partial charge < -0.3 is 15.5 Å². The van der Waals surface area contributed by atoms with Crippen molar-refractivity contribution in [1.29, 1.82) is 0 Å². The number of nitrogens with one attached hydrogen (secondary N) is 1. The molecule has 0 aromatic carbocycles. The summed E-state index contributed by atoms with van der Waals surface area (Å²) in [7, 11) is 0. The van der Waals surface area contributed by atoms with Crippen LogP contribution in [0.15, 0.2) is 12.2 Å². The summed E-state index contributed by atoms with van der Waals surface area (Å²) in [5.41, 5.74) is 0. The van der Waals surface area contributed by atoms with Gasteiger partial charge in [-0.2, -0.15) is 0 Å². The maximum absolute atomic E-state index is 12.4. The van der Waals surface area contributed by atoms with E-state index in [0.717, 1.165) is 25.7 Å². The maximum atomic E-state index is 12.4. The molecule has 0 aromatic heterocycles. The molecular weight excluding hydrogens is 723 g/mol. The van der Waals surface area contributed by atoms with Crippen LogP contribution >= 0.6 is 0 Å². The van der Waals surface area contributed by atoms with Gasteiger partial charge in [-0.05, 0) is 19.3 Å². The molecule has 1 amide bonds. The molecule has 0 aliphatic rings. The van der Waals surface area contributed by atoms with Gasteiger partial charge in [-0.25, -0.2) is 0 Å². The van der Waals surface area contributed by atoms with Crippen molar-refractivity contribution >= 4 is 5.91 Å². The van der Waals surface area contributed by atoms with Gasteiger partial charge in [0.25, 0.3) is 0 Å². The van der Waals surface area contributed by atoms with Crippen LogP contribution in [0.2, 0.25) is 0 Å². The van der Waals surface area contributed by atoms with Crippen LogP contribution in [0.5, 0.6) is 0 Å². The third kappa shape index (κ3) is 48.0. The highest BCUT2D eigenvalue weighted by Gasteiger charge is 2.18. The topological polar surface area (TPSA) is 69.6 Å². The number of aliphatic hydroxyl groups excluding tert-OH is 2. The van der Waals surface area contributed by atoms with E-state index in [2.05, 4.69) is 19.2 Å². The summed E-state index contributed by atoms with van der Waals surface area (Å²) in [4.78, 5) is 12.4. The minimum Gasteiger partial charge on any atom is -0.394 e. The monoisotopic (exact) mass is 832 g/mol. The predicted octanol–water partition coefficient (Wildman–Crippen LogP) is 17.8. The molecule has 0 radical (unpaired) electrons. The zero-order valence-corrected chi connectivity index (χ0v) is 40.6. The molecule has 352 valence electrons. The number of hydrogen-bond acceptors (Lipinski definition) is 3. The Labute approximate surface area is 371 Å². The van der Waals surface area contributed by atoms with Gasteiger partial charge in [0, 0.05) is 6.42 Å². The quantitative estimate of drug-likeness (QED) is 0.0422. The number of carbonyl (C=O) groups excluding carboxylic acids is 1. The van der Waals surface area contributed by atoms with E-state index in [-0.39, 0.29) is 12.5 Å². The fraction of sp³-hybridized carbons (Fsp3) is 0.945. The van der Waals surface area contributed by atoms with Crippen molar-refractivity contribution < 1.29 is 15.0 Å². The first kappa shape index (κ1) is 58.1. The van der Waals surface area contributed by atoms with Crippen molar-refractivity contribution in [2.24, 2.45) is 0 Å². The number of aliphatic hydroxyl groups is 2. The van der Waals surface area contributed by atoms with E-state index in [4.69, 9.17) is 0 Å². The minimum absolute atomic E-state index is 0.0611. The summed E-state index contributed by atoms with van der Waals surface area (Å²) in [6.45, 7) is 4.29. The molecule has 0 spiro atoms. The van der Waals surface area contributed by atoms with Gasteiger partial charge in [0.1, 0.15) is 0 Å². The van der Waals surface area contributed by atoms with Gasteiger partial charge in [-0.3, -0.25) is 4.79 Å². The van der Waals surface area contributed by atoms with E-state index < -0.39 is 12.1 Å². The Balaban J connectivity index is 3.28. The van der Waals surface area contributed by atoms with Gasteiger partial charge in [0.05, 0.1) is 18.8 Å². The largest absolute Gasteiger partial charge is 0.394 e. The first-order valence-corrected chi connectivity index (χ1v) is 27.4. The Morgan fingerprint density at radius 3 is 0.881 bits per heavy atom. The van der Waals surface area contributed by atoms with Crippen LogP contribution in [0.4, 0.5) is 0 Å². The molecule has 0 aliphatic carbocycles. The lowest BCUT2D eigenvalue weighted by Gasteiger charge is -2.20. The standard InChI is InChI=1S/C55H109NO3/c1-3-5-7-9-11-13-14-15-16-17-18-19-20-21-22-23-24-25-26-27-28-29-30-31-32-33-34-35-36-37-38-39-40-41-42-43-45-47-49-51-55(59)56-53(52-57)54(58)50-48-46-44-12-10-8-6-4-2/h48,50,53-54,57-58H,3-47,49,51-52H2,1-2H3,(H,56,59)/b50-48+. The second-order valence-electron chi connectivity index (χ2n) is 19.0. The van der Waals surface area contributed by atoms with Gasteiger partial charge in [-0.15, -0.1) is 0 Å². The molecule has 2 unspecified atom stereocenters. The number of allylic oxidation sites excluding steroid dienone is 1. The molecule has 4 heteroatoms. The van der Waals surface area contributed by atoms with E-state index in [1.165, 1.54) is 270 Å². The molecule has 59 heavy (non-hydrogen) atoms. The van der Waals surface area contributed by atoms with Gasteiger partial charge in [0.15, 0.2) is 0 Å². The highest BCUT2D eigenvalue weighted by molar-refractivity contribution is 5.76. The summed E-state index contributed by atoms with van der Waals surface area (Å²) < 4.78 is 0. The summed E-state index contributed by atoms with van der Waals surface area (Å²) in [6, 6.07) is -0.615. The average Bonchev–Trinajstić information content (AvgIpc) is 3.24. The van der Waals surface area contributed by atoms with Crippen LogP contribution in [0.1, 0.15) is 316 Å². The summed E-state index contributed by atoms with van der Waals surface area (Å²) in [5.74, 6) is -0.0611. The molecule has 0 fully saturated rings. The average molecular weight is 832 g/mol. The number of hydrogen-bond donors (Lipinski definition) is 3. The lowest BCUT2D eigenvalue weighted by molar-refractivity contribution is -0.123. The van der Waals surface area contributed by atoms with Crippen LogP contribution in [-0.4, -0.2) is 34.9 Å². The second kappa shape index (κ2) is 51.5. The van der Waals surface area contributed by atoms with Crippen LogP contribution in [-0.2, 0) is 4.79 Å². The fourth-order valence-electron chi connectivity index (χ4n) is 8.83. The molecule has 0 rings (SSSR count). The molecular formula is C55H109NO3. The predicted molar refractivity (Wildman–Crippen MR) is 263 cm³/mol. The molecule has 0 bridgehead atoms. The van der Waals surface area contributed by atoms with E-state index in [0.29, 0.717) is 6.42 Å². The van der Waals surface area contributed by atoms with Crippen LogP contribution < -0.4 is 5.32 Å². The summed E-state index contributed by atoms with van der Waals surface area (Å²) >= 11 is 0. The molecule has 0 saturated carbocycles. The Bertz CT molecular complexity index is 814. The SMILES string of the molecule is CCCCCCCC/C=C/C(O)C(CO)NC(=O)CCCCCCCCCCCCCCCCCCCCCCCCCCCCCCCCCCCCCCCCC.